The maximum absolute atomic E-state index is 12.2. The zero-order valence-corrected chi connectivity index (χ0v) is 12.5. The van der Waals surface area contributed by atoms with Crippen LogP contribution in [0.1, 0.15) is 10.9 Å². The van der Waals surface area contributed by atoms with Crippen LogP contribution in [-0.2, 0) is 4.79 Å². The topological polar surface area (TPSA) is 73.6 Å². The van der Waals surface area contributed by atoms with Crippen molar-refractivity contribution in [2.45, 2.75) is 6.04 Å². The van der Waals surface area contributed by atoms with Crippen LogP contribution in [0.3, 0.4) is 0 Å². The Labute approximate surface area is 130 Å². The molecule has 5 nitrogen and oxygen atoms in total. The van der Waals surface area contributed by atoms with Gasteiger partial charge in [0.15, 0.2) is 11.5 Å². The number of carbonyl (C=O) groups excluding carboxylic acids is 1. The molecule has 1 aliphatic rings. The second kappa shape index (κ2) is 5.93. The summed E-state index contributed by atoms with van der Waals surface area (Å²) in [6, 6.07) is 6.22. The van der Waals surface area contributed by atoms with Gasteiger partial charge < -0.3 is 20.5 Å². The van der Waals surface area contributed by atoms with Crippen LogP contribution in [-0.4, -0.2) is 19.1 Å². The number of hydrogen-bond donors (Lipinski definition) is 2. The van der Waals surface area contributed by atoms with Crippen molar-refractivity contribution in [1.82, 2.24) is 0 Å². The highest BCUT2D eigenvalue weighted by atomic mass is 35.5. The van der Waals surface area contributed by atoms with E-state index in [1.54, 1.807) is 12.1 Å². The zero-order chi connectivity index (χ0) is 14.8. The predicted octanol–water partition coefficient (Wildman–Crippen LogP) is 2.81. The molecule has 0 radical (unpaired) electrons. The van der Waals surface area contributed by atoms with E-state index in [0.29, 0.717) is 35.4 Å². The van der Waals surface area contributed by atoms with Crippen LogP contribution >= 0.6 is 22.9 Å². The average Bonchev–Trinajstić information content (AvgIpc) is 3.01. The second-order valence-electron chi connectivity index (χ2n) is 4.46. The van der Waals surface area contributed by atoms with Crippen LogP contribution in [0.5, 0.6) is 11.5 Å². The van der Waals surface area contributed by atoms with Crippen LogP contribution in [0.25, 0.3) is 0 Å². The first-order valence-electron chi connectivity index (χ1n) is 6.34. The van der Waals surface area contributed by atoms with E-state index >= 15 is 0 Å². The maximum Gasteiger partial charge on any atom is 0.246 e. The number of hydrogen-bond acceptors (Lipinski definition) is 5. The highest BCUT2D eigenvalue weighted by Gasteiger charge is 2.20. The third kappa shape index (κ3) is 2.97. The lowest BCUT2D eigenvalue weighted by molar-refractivity contribution is -0.117. The summed E-state index contributed by atoms with van der Waals surface area (Å²) in [5, 5.41) is 4.98. The molecule has 0 saturated heterocycles. The molecule has 3 N–H and O–H groups in total. The van der Waals surface area contributed by atoms with Gasteiger partial charge in [-0.2, -0.15) is 0 Å². The molecule has 1 amide bonds. The van der Waals surface area contributed by atoms with Crippen molar-refractivity contribution in [3.63, 3.8) is 0 Å². The molecule has 1 aliphatic heterocycles. The number of nitrogens with one attached hydrogen (secondary N) is 1. The Morgan fingerprint density at radius 2 is 2.05 bits per heavy atom. The monoisotopic (exact) mass is 324 g/mol. The number of fused-ring (bicyclic) bond motifs is 1. The summed E-state index contributed by atoms with van der Waals surface area (Å²) in [7, 11) is 0. The van der Waals surface area contributed by atoms with Crippen molar-refractivity contribution in [2.75, 3.05) is 18.5 Å². The number of carbonyl (C=O) groups is 1. The molecular formula is C14H13ClN2O3S. The first-order chi connectivity index (χ1) is 10.1. The van der Waals surface area contributed by atoms with Gasteiger partial charge >= 0.3 is 0 Å². The third-order valence-corrected chi connectivity index (χ3v) is 4.29. The van der Waals surface area contributed by atoms with Gasteiger partial charge in [-0.15, -0.1) is 11.3 Å². The lowest BCUT2D eigenvalue weighted by Crippen LogP contribution is -2.27. The van der Waals surface area contributed by atoms with E-state index in [0.717, 1.165) is 4.88 Å². The molecule has 2 aromatic rings. The summed E-state index contributed by atoms with van der Waals surface area (Å²) in [4.78, 5) is 13.0. The molecule has 0 spiro atoms. The SMILES string of the molecule is NC(C(=O)Nc1cc2c(cc1Cl)OCCO2)c1cccs1. The fourth-order valence-corrected chi connectivity index (χ4v) is 2.89. The number of anilines is 1. The van der Waals surface area contributed by atoms with Crippen molar-refractivity contribution in [3.8, 4) is 11.5 Å². The van der Waals surface area contributed by atoms with Crippen molar-refractivity contribution in [1.29, 1.82) is 0 Å². The van der Waals surface area contributed by atoms with Gasteiger partial charge in [-0.05, 0) is 11.4 Å². The number of ether oxygens (including phenoxy) is 2. The van der Waals surface area contributed by atoms with Crippen LogP contribution in [0, 0.1) is 0 Å². The minimum atomic E-state index is -0.728. The van der Waals surface area contributed by atoms with E-state index in [9.17, 15) is 4.79 Å². The highest BCUT2D eigenvalue weighted by Crippen LogP contribution is 2.38. The lowest BCUT2D eigenvalue weighted by Gasteiger charge is -2.20. The normalized spacial score (nSPS) is 14.6. The smallest absolute Gasteiger partial charge is 0.246 e. The van der Waals surface area contributed by atoms with E-state index < -0.39 is 6.04 Å². The molecule has 2 heterocycles. The summed E-state index contributed by atoms with van der Waals surface area (Å²) in [6.45, 7) is 0.953. The van der Waals surface area contributed by atoms with Crippen LogP contribution in [0.4, 0.5) is 5.69 Å². The summed E-state index contributed by atoms with van der Waals surface area (Å²) < 4.78 is 10.9. The summed E-state index contributed by atoms with van der Waals surface area (Å²) >= 11 is 7.58. The molecule has 0 fully saturated rings. The number of rotatable bonds is 3. The largest absolute Gasteiger partial charge is 0.486 e. The molecule has 1 atom stereocenters. The number of benzene rings is 1. The van der Waals surface area contributed by atoms with Gasteiger partial charge in [-0.1, -0.05) is 17.7 Å². The molecule has 21 heavy (non-hydrogen) atoms. The van der Waals surface area contributed by atoms with E-state index in [4.69, 9.17) is 26.8 Å². The standard InChI is InChI=1S/C14H13ClN2O3S/c15-8-6-10-11(20-4-3-19-10)7-9(8)17-14(18)13(16)12-2-1-5-21-12/h1-2,5-7,13H,3-4,16H2,(H,17,18). The summed E-state index contributed by atoms with van der Waals surface area (Å²) in [5.41, 5.74) is 6.37. The fourth-order valence-electron chi connectivity index (χ4n) is 1.97. The van der Waals surface area contributed by atoms with E-state index in [1.807, 2.05) is 17.5 Å². The van der Waals surface area contributed by atoms with Gasteiger partial charge in [0.1, 0.15) is 19.3 Å². The molecule has 0 aliphatic carbocycles. The first-order valence-corrected chi connectivity index (χ1v) is 7.60. The average molecular weight is 325 g/mol. The van der Waals surface area contributed by atoms with E-state index in [-0.39, 0.29) is 5.91 Å². The van der Waals surface area contributed by atoms with Crippen LogP contribution in [0.2, 0.25) is 5.02 Å². The summed E-state index contributed by atoms with van der Waals surface area (Å²) in [5.74, 6) is 0.813. The third-order valence-electron chi connectivity index (χ3n) is 3.02. The highest BCUT2D eigenvalue weighted by molar-refractivity contribution is 7.10. The molecule has 7 heteroatoms. The molecule has 1 aromatic heterocycles. The Morgan fingerprint density at radius 3 is 2.71 bits per heavy atom. The molecule has 0 bridgehead atoms. The number of halogens is 1. The van der Waals surface area contributed by atoms with E-state index in [2.05, 4.69) is 5.32 Å². The van der Waals surface area contributed by atoms with Gasteiger partial charge in [0.25, 0.3) is 0 Å². The predicted molar refractivity (Wildman–Crippen MR) is 82.3 cm³/mol. The van der Waals surface area contributed by atoms with Gasteiger partial charge in [0.05, 0.1) is 10.7 Å². The van der Waals surface area contributed by atoms with E-state index in [1.165, 1.54) is 11.3 Å². The number of thiophene rings is 1. The first kappa shape index (κ1) is 14.2. The molecular weight excluding hydrogens is 312 g/mol. The minimum Gasteiger partial charge on any atom is -0.486 e. The molecule has 1 unspecified atom stereocenters. The van der Waals surface area contributed by atoms with Crippen molar-refractivity contribution in [3.05, 3.63) is 39.5 Å². The zero-order valence-electron chi connectivity index (χ0n) is 11.0. The van der Waals surface area contributed by atoms with Crippen LogP contribution in [0.15, 0.2) is 29.6 Å². The Hall–Kier alpha value is -1.76. The van der Waals surface area contributed by atoms with Gasteiger partial charge in [-0.3, -0.25) is 4.79 Å². The van der Waals surface area contributed by atoms with Crippen LogP contribution < -0.4 is 20.5 Å². The summed E-state index contributed by atoms with van der Waals surface area (Å²) in [6.07, 6.45) is 0. The Balaban J connectivity index is 1.80. The van der Waals surface area contributed by atoms with Crippen molar-refractivity contribution < 1.29 is 14.3 Å². The number of nitrogens with two attached hydrogens (primary N) is 1. The Morgan fingerprint density at radius 1 is 1.33 bits per heavy atom. The van der Waals surface area contributed by atoms with Gasteiger partial charge in [-0.25, -0.2) is 0 Å². The minimum absolute atomic E-state index is 0.323. The lowest BCUT2D eigenvalue weighted by atomic mass is 10.2. The Bertz CT molecular complexity index is 660. The Kier molecular flexibility index (Phi) is 4.01. The fraction of sp³-hybridized carbons (Fsp3) is 0.214. The molecule has 110 valence electrons. The maximum atomic E-state index is 12.2. The molecule has 1 aromatic carbocycles. The molecule has 3 rings (SSSR count). The van der Waals surface area contributed by atoms with Crippen molar-refractivity contribution >= 4 is 34.5 Å². The number of amides is 1. The quantitative estimate of drug-likeness (QED) is 0.910. The van der Waals surface area contributed by atoms with Gasteiger partial charge in [0.2, 0.25) is 5.91 Å². The van der Waals surface area contributed by atoms with Crippen molar-refractivity contribution in [2.24, 2.45) is 5.73 Å². The molecule has 0 saturated carbocycles. The van der Waals surface area contributed by atoms with Gasteiger partial charge in [0, 0.05) is 17.0 Å². The second-order valence-corrected chi connectivity index (χ2v) is 5.84.